The molecule has 2 nitrogen and oxygen atoms in total. The molecular formula is C17H17ClO2S. The van der Waals surface area contributed by atoms with Crippen LogP contribution in [0.4, 0.5) is 0 Å². The van der Waals surface area contributed by atoms with Gasteiger partial charge < -0.3 is 4.74 Å². The minimum atomic E-state index is 0.0312. The van der Waals surface area contributed by atoms with Crippen LogP contribution in [0, 0.1) is 0 Å². The molecule has 110 valence electrons. The van der Waals surface area contributed by atoms with E-state index in [1.54, 1.807) is 24.5 Å². The molecule has 1 aromatic heterocycles. The van der Waals surface area contributed by atoms with E-state index in [0.717, 1.165) is 30.6 Å². The highest BCUT2D eigenvalue weighted by molar-refractivity contribution is 7.10. The van der Waals surface area contributed by atoms with Gasteiger partial charge >= 0.3 is 0 Å². The van der Waals surface area contributed by atoms with Crippen molar-refractivity contribution in [3.8, 4) is 5.75 Å². The monoisotopic (exact) mass is 320 g/mol. The van der Waals surface area contributed by atoms with E-state index in [0.29, 0.717) is 11.4 Å². The number of hydrogen-bond donors (Lipinski definition) is 0. The minimum Gasteiger partial charge on any atom is -0.496 e. The molecule has 0 bridgehead atoms. The summed E-state index contributed by atoms with van der Waals surface area (Å²) in [5, 5.41) is 2.73. The summed E-state index contributed by atoms with van der Waals surface area (Å²) in [7, 11) is 1.62. The maximum absolute atomic E-state index is 12.7. The van der Waals surface area contributed by atoms with E-state index in [2.05, 4.69) is 11.4 Å². The molecule has 0 saturated carbocycles. The van der Waals surface area contributed by atoms with Crippen LogP contribution in [0.25, 0.3) is 0 Å². The number of aryl methyl sites for hydroxylation is 1. The van der Waals surface area contributed by atoms with E-state index < -0.39 is 0 Å². The molecule has 1 atom stereocenters. The zero-order valence-electron chi connectivity index (χ0n) is 11.9. The quantitative estimate of drug-likeness (QED) is 0.820. The molecular weight excluding hydrogens is 304 g/mol. The Morgan fingerprint density at radius 1 is 1.43 bits per heavy atom. The van der Waals surface area contributed by atoms with Crippen molar-refractivity contribution in [1.29, 1.82) is 0 Å². The maximum atomic E-state index is 12.7. The Hall–Kier alpha value is -1.32. The Labute approximate surface area is 133 Å². The Morgan fingerprint density at radius 2 is 2.29 bits per heavy atom. The fourth-order valence-corrected chi connectivity index (χ4v) is 4.20. The number of halogens is 1. The van der Waals surface area contributed by atoms with Crippen molar-refractivity contribution in [3.05, 3.63) is 50.7 Å². The summed E-state index contributed by atoms with van der Waals surface area (Å²) in [6.45, 7) is 0. The summed E-state index contributed by atoms with van der Waals surface area (Å²) in [6.07, 6.45) is 3.53. The van der Waals surface area contributed by atoms with E-state index in [4.69, 9.17) is 16.3 Å². The number of carbonyl (C=O) groups is 1. The smallest absolute Gasteiger partial charge is 0.144 e. The number of thiophene rings is 1. The normalized spacial score (nSPS) is 17.3. The van der Waals surface area contributed by atoms with E-state index in [1.807, 2.05) is 12.1 Å². The first-order valence-corrected chi connectivity index (χ1v) is 8.36. The molecule has 0 N–H and O–H groups in total. The van der Waals surface area contributed by atoms with Crippen molar-refractivity contribution in [2.24, 2.45) is 0 Å². The van der Waals surface area contributed by atoms with Crippen LogP contribution in [0.2, 0.25) is 5.02 Å². The summed E-state index contributed by atoms with van der Waals surface area (Å²) >= 11 is 7.81. The van der Waals surface area contributed by atoms with Gasteiger partial charge in [0.1, 0.15) is 11.5 Å². The van der Waals surface area contributed by atoms with Crippen molar-refractivity contribution >= 4 is 28.7 Å². The summed E-state index contributed by atoms with van der Waals surface area (Å²) in [4.78, 5) is 14.1. The first-order valence-electron chi connectivity index (χ1n) is 7.10. The summed E-state index contributed by atoms with van der Waals surface area (Å²) in [5.41, 5.74) is 2.11. The van der Waals surface area contributed by atoms with Crippen LogP contribution in [-0.4, -0.2) is 12.9 Å². The summed E-state index contributed by atoms with van der Waals surface area (Å²) in [5.74, 6) is 1.02. The Morgan fingerprint density at radius 3 is 3.10 bits per heavy atom. The molecule has 3 rings (SSSR count). The molecule has 0 aliphatic heterocycles. The average molecular weight is 321 g/mol. The first-order chi connectivity index (χ1) is 10.2. The number of fused-ring (bicyclic) bond motifs is 1. The van der Waals surface area contributed by atoms with E-state index in [-0.39, 0.29) is 11.7 Å². The standard InChI is InChI=1S/C17H17ClO2S/c1-20-16-6-5-12(18)9-11(16)10-15(19)13-3-2-4-17-14(13)7-8-21-17/h5-9,13H,2-4,10H2,1H3. The molecule has 2 aromatic rings. The van der Waals surface area contributed by atoms with Crippen LogP contribution in [0.3, 0.4) is 0 Å². The van der Waals surface area contributed by atoms with Gasteiger partial charge in [0.15, 0.2) is 0 Å². The highest BCUT2D eigenvalue weighted by Crippen LogP contribution is 2.36. The van der Waals surface area contributed by atoms with Gasteiger partial charge in [-0.1, -0.05) is 11.6 Å². The zero-order valence-corrected chi connectivity index (χ0v) is 13.5. The summed E-state index contributed by atoms with van der Waals surface area (Å²) in [6, 6.07) is 7.54. The summed E-state index contributed by atoms with van der Waals surface area (Å²) < 4.78 is 5.33. The SMILES string of the molecule is COc1ccc(Cl)cc1CC(=O)C1CCCc2sccc21. The molecule has 0 fully saturated rings. The molecule has 1 heterocycles. The number of hydrogen-bond acceptors (Lipinski definition) is 3. The van der Waals surface area contributed by atoms with Crippen LogP contribution < -0.4 is 4.74 Å². The van der Waals surface area contributed by atoms with Gasteiger partial charge in [-0.25, -0.2) is 0 Å². The zero-order chi connectivity index (χ0) is 14.8. The van der Waals surface area contributed by atoms with Gasteiger partial charge in [0, 0.05) is 27.8 Å². The van der Waals surface area contributed by atoms with E-state index in [9.17, 15) is 4.79 Å². The van der Waals surface area contributed by atoms with Crippen molar-refractivity contribution in [1.82, 2.24) is 0 Å². The minimum absolute atomic E-state index is 0.0312. The predicted octanol–water partition coefficient (Wildman–Crippen LogP) is 4.64. The van der Waals surface area contributed by atoms with Gasteiger partial charge in [0.05, 0.1) is 7.11 Å². The third-order valence-corrected chi connectivity index (χ3v) is 5.28. The molecule has 1 unspecified atom stereocenters. The Kier molecular flexibility index (Phi) is 4.32. The first kappa shape index (κ1) is 14.6. The largest absolute Gasteiger partial charge is 0.496 e. The third-order valence-electron chi connectivity index (χ3n) is 4.05. The van der Waals surface area contributed by atoms with Crippen molar-refractivity contribution in [2.45, 2.75) is 31.6 Å². The van der Waals surface area contributed by atoms with Crippen molar-refractivity contribution in [3.63, 3.8) is 0 Å². The number of Topliss-reactive ketones (excluding diaryl/α,β-unsaturated/α-hetero) is 1. The lowest BCUT2D eigenvalue weighted by molar-refractivity contribution is -0.120. The van der Waals surface area contributed by atoms with Crippen molar-refractivity contribution in [2.75, 3.05) is 7.11 Å². The molecule has 21 heavy (non-hydrogen) atoms. The van der Waals surface area contributed by atoms with Crippen LogP contribution in [0.1, 0.15) is 34.8 Å². The second kappa shape index (κ2) is 6.20. The fourth-order valence-electron chi connectivity index (χ4n) is 3.02. The lowest BCUT2D eigenvalue weighted by Gasteiger charge is -2.21. The van der Waals surface area contributed by atoms with Crippen LogP contribution >= 0.6 is 22.9 Å². The molecule has 0 saturated heterocycles. The average Bonchev–Trinajstić information content (AvgIpc) is 2.95. The topological polar surface area (TPSA) is 26.3 Å². The lowest BCUT2D eigenvalue weighted by Crippen LogP contribution is -2.19. The number of methoxy groups -OCH3 is 1. The Balaban J connectivity index is 1.84. The number of carbonyl (C=O) groups excluding carboxylic acids is 1. The number of ketones is 1. The highest BCUT2D eigenvalue weighted by atomic mass is 35.5. The second-order valence-corrected chi connectivity index (χ2v) is 6.78. The third kappa shape index (κ3) is 2.99. The van der Waals surface area contributed by atoms with Gasteiger partial charge in [-0.05, 0) is 54.5 Å². The van der Waals surface area contributed by atoms with Crippen LogP contribution in [0.15, 0.2) is 29.6 Å². The molecule has 1 aliphatic carbocycles. The molecule has 1 aliphatic rings. The highest BCUT2D eigenvalue weighted by Gasteiger charge is 2.27. The van der Waals surface area contributed by atoms with Gasteiger partial charge in [0.2, 0.25) is 0 Å². The van der Waals surface area contributed by atoms with Gasteiger partial charge in [-0.3, -0.25) is 4.79 Å². The maximum Gasteiger partial charge on any atom is 0.144 e. The second-order valence-electron chi connectivity index (χ2n) is 5.34. The molecule has 1 aromatic carbocycles. The van der Waals surface area contributed by atoms with E-state index >= 15 is 0 Å². The number of benzene rings is 1. The molecule has 0 spiro atoms. The number of rotatable bonds is 4. The fraction of sp³-hybridized carbons (Fsp3) is 0.353. The lowest BCUT2D eigenvalue weighted by atomic mass is 9.83. The molecule has 0 radical (unpaired) electrons. The van der Waals surface area contributed by atoms with Crippen LogP contribution in [-0.2, 0) is 17.6 Å². The molecule has 4 heteroatoms. The number of ether oxygens (including phenoxy) is 1. The Bertz CT molecular complexity index is 663. The van der Waals surface area contributed by atoms with Gasteiger partial charge in [-0.15, -0.1) is 11.3 Å². The molecule has 0 amide bonds. The predicted molar refractivity (Wildman–Crippen MR) is 86.7 cm³/mol. The van der Waals surface area contributed by atoms with Crippen molar-refractivity contribution < 1.29 is 9.53 Å². The van der Waals surface area contributed by atoms with Gasteiger partial charge in [-0.2, -0.15) is 0 Å². The van der Waals surface area contributed by atoms with E-state index in [1.165, 1.54) is 10.4 Å². The van der Waals surface area contributed by atoms with Gasteiger partial charge in [0.25, 0.3) is 0 Å². The van der Waals surface area contributed by atoms with Crippen LogP contribution in [0.5, 0.6) is 5.75 Å².